The lowest BCUT2D eigenvalue weighted by molar-refractivity contribution is -0.177. The molecule has 4 saturated carbocycles. The van der Waals surface area contributed by atoms with E-state index in [0.29, 0.717) is 35.9 Å². The van der Waals surface area contributed by atoms with Gasteiger partial charge in [0.05, 0.1) is 12.2 Å². The maximum Gasteiger partial charge on any atom is 0.133 e. The molecular formula is C19H30O3. The number of hydrogen-bond acceptors (Lipinski definition) is 3. The zero-order valence-electron chi connectivity index (χ0n) is 13.9. The molecule has 0 aromatic heterocycles. The number of aliphatic hydroxyl groups excluding tert-OH is 2. The molecule has 0 saturated heterocycles. The van der Waals surface area contributed by atoms with Crippen LogP contribution in [0.1, 0.15) is 65.2 Å². The quantitative estimate of drug-likeness (QED) is 0.723. The van der Waals surface area contributed by atoms with Gasteiger partial charge in [-0.3, -0.25) is 4.79 Å². The van der Waals surface area contributed by atoms with Gasteiger partial charge in [-0.05, 0) is 73.0 Å². The summed E-state index contributed by atoms with van der Waals surface area (Å²) in [6.07, 6.45) is 6.88. The Kier molecular flexibility index (Phi) is 3.30. The van der Waals surface area contributed by atoms with Gasteiger partial charge >= 0.3 is 0 Å². The molecule has 2 N–H and O–H groups in total. The highest BCUT2D eigenvalue weighted by atomic mass is 16.3. The number of aliphatic hydroxyl groups is 2. The summed E-state index contributed by atoms with van der Waals surface area (Å²) >= 11 is 0. The van der Waals surface area contributed by atoms with Crippen LogP contribution in [0.15, 0.2) is 0 Å². The van der Waals surface area contributed by atoms with Crippen LogP contribution in [0.5, 0.6) is 0 Å². The van der Waals surface area contributed by atoms with Crippen molar-refractivity contribution in [3.63, 3.8) is 0 Å². The molecule has 124 valence electrons. The molecule has 0 aliphatic heterocycles. The van der Waals surface area contributed by atoms with E-state index < -0.39 is 0 Å². The second-order valence-corrected chi connectivity index (χ2v) is 9.19. The minimum absolute atomic E-state index is 0.0890. The minimum atomic E-state index is -0.306. The van der Waals surface area contributed by atoms with Crippen LogP contribution in [0, 0.1) is 34.5 Å². The Bertz CT molecular complexity index is 489. The zero-order valence-corrected chi connectivity index (χ0v) is 13.9. The van der Waals surface area contributed by atoms with E-state index in [2.05, 4.69) is 13.8 Å². The largest absolute Gasteiger partial charge is 0.393 e. The average molecular weight is 306 g/mol. The van der Waals surface area contributed by atoms with Crippen LogP contribution in [0.3, 0.4) is 0 Å². The van der Waals surface area contributed by atoms with Crippen molar-refractivity contribution in [3.8, 4) is 0 Å². The molecule has 4 fully saturated rings. The van der Waals surface area contributed by atoms with Crippen LogP contribution in [0.4, 0.5) is 0 Å². The summed E-state index contributed by atoms with van der Waals surface area (Å²) in [6.45, 7) is 4.55. The number of hydrogen-bond donors (Lipinski definition) is 2. The van der Waals surface area contributed by atoms with Gasteiger partial charge in [0.25, 0.3) is 0 Å². The van der Waals surface area contributed by atoms with Gasteiger partial charge in [0.15, 0.2) is 0 Å². The lowest BCUT2D eigenvalue weighted by Crippen LogP contribution is -2.59. The Hall–Kier alpha value is -0.410. The Balaban J connectivity index is 1.69. The van der Waals surface area contributed by atoms with Gasteiger partial charge in [-0.1, -0.05) is 13.8 Å². The molecule has 0 radical (unpaired) electrons. The van der Waals surface area contributed by atoms with Crippen molar-refractivity contribution in [1.82, 2.24) is 0 Å². The number of carbonyl (C=O) groups is 1. The molecule has 0 unspecified atom stereocenters. The highest BCUT2D eigenvalue weighted by Gasteiger charge is 2.62. The molecule has 22 heavy (non-hydrogen) atoms. The number of carbonyl (C=O) groups excluding carboxylic acids is 1. The molecule has 4 aliphatic carbocycles. The average Bonchev–Trinajstić information content (AvgIpc) is 2.75. The summed E-state index contributed by atoms with van der Waals surface area (Å²) < 4.78 is 0. The summed E-state index contributed by atoms with van der Waals surface area (Å²) in [7, 11) is 0. The van der Waals surface area contributed by atoms with Crippen LogP contribution in [-0.4, -0.2) is 28.2 Å². The fourth-order valence-electron chi connectivity index (χ4n) is 7.14. The molecule has 0 aromatic carbocycles. The maximum atomic E-state index is 11.9. The first-order valence-corrected chi connectivity index (χ1v) is 9.24. The van der Waals surface area contributed by atoms with E-state index in [4.69, 9.17) is 0 Å². The van der Waals surface area contributed by atoms with Gasteiger partial charge in [-0.2, -0.15) is 0 Å². The molecule has 3 nitrogen and oxygen atoms in total. The molecule has 3 heteroatoms. The lowest BCUT2D eigenvalue weighted by atomic mass is 9.44. The van der Waals surface area contributed by atoms with E-state index in [1.165, 1.54) is 0 Å². The van der Waals surface area contributed by atoms with E-state index in [-0.39, 0.29) is 23.0 Å². The zero-order chi connectivity index (χ0) is 15.7. The molecule has 4 rings (SSSR count). The van der Waals surface area contributed by atoms with Gasteiger partial charge in [-0.15, -0.1) is 0 Å². The van der Waals surface area contributed by atoms with E-state index in [0.717, 1.165) is 44.9 Å². The van der Waals surface area contributed by atoms with Crippen molar-refractivity contribution in [3.05, 3.63) is 0 Å². The first-order valence-electron chi connectivity index (χ1n) is 9.24. The maximum absolute atomic E-state index is 11.9. The predicted octanol–water partition coefficient (Wildman–Crippen LogP) is 2.93. The summed E-state index contributed by atoms with van der Waals surface area (Å²) in [5.41, 5.74) is 0.0411. The fraction of sp³-hybridized carbons (Fsp3) is 0.947. The first-order chi connectivity index (χ1) is 10.4. The summed E-state index contributed by atoms with van der Waals surface area (Å²) in [5.74, 6) is 2.34. The monoisotopic (exact) mass is 306 g/mol. The molecule has 0 amide bonds. The third kappa shape index (κ3) is 1.84. The van der Waals surface area contributed by atoms with Crippen LogP contribution in [-0.2, 0) is 4.79 Å². The number of Topliss-reactive ketones (excluding diaryl/α,β-unsaturated/α-hetero) is 1. The Labute approximate surface area is 133 Å². The summed E-state index contributed by atoms with van der Waals surface area (Å²) in [5, 5.41) is 21.5. The lowest BCUT2D eigenvalue weighted by Gasteiger charge is -2.61. The second-order valence-electron chi connectivity index (χ2n) is 9.19. The standard InChI is InChI=1S/C19H30O3/c1-18-8-7-12(20)9-11(18)3-4-13-14-5-6-16(22)19(14,2)10-15(21)17(13)18/h11,13-17,21-22H,3-10H2,1-2H3/t11-,13+,14+,15-,16+,17-,18+,19+/m1/s1. The van der Waals surface area contributed by atoms with Gasteiger partial charge < -0.3 is 10.2 Å². The number of ketones is 1. The second kappa shape index (κ2) is 4.80. The SMILES string of the molecule is C[C@]12CCC(=O)C[C@H]1CC[C@@H]1[C@@H]2[C@H](O)C[C@]2(C)[C@@H](O)CC[C@@H]12. The topological polar surface area (TPSA) is 57.5 Å². The van der Waals surface area contributed by atoms with Crippen LogP contribution >= 0.6 is 0 Å². The highest BCUT2D eigenvalue weighted by molar-refractivity contribution is 5.79. The van der Waals surface area contributed by atoms with E-state index in [9.17, 15) is 15.0 Å². The number of rotatable bonds is 0. The molecule has 0 spiro atoms. The first kappa shape index (κ1) is 15.1. The molecule has 0 bridgehead atoms. The third-order valence-electron chi connectivity index (χ3n) is 8.36. The van der Waals surface area contributed by atoms with Crippen LogP contribution < -0.4 is 0 Å². The minimum Gasteiger partial charge on any atom is -0.393 e. The molecule has 0 heterocycles. The summed E-state index contributed by atoms with van der Waals surface area (Å²) in [6, 6.07) is 0. The van der Waals surface area contributed by atoms with E-state index in [1.807, 2.05) is 0 Å². The van der Waals surface area contributed by atoms with Gasteiger partial charge in [-0.25, -0.2) is 0 Å². The Morgan fingerprint density at radius 3 is 2.59 bits per heavy atom. The van der Waals surface area contributed by atoms with E-state index >= 15 is 0 Å². The summed E-state index contributed by atoms with van der Waals surface area (Å²) in [4.78, 5) is 11.9. The van der Waals surface area contributed by atoms with Crippen LogP contribution in [0.2, 0.25) is 0 Å². The Morgan fingerprint density at radius 1 is 1.05 bits per heavy atom. The molecule has 8 atom stereocenters. The van der Waals surface area contributed by atoms with Crippen molar-refractivity contribution in [2.24, 2.45) is 34.5 Å². The smallest absolute Gasteiger partial charge is 0.133 e. The Morgan fingerprint density at radius 2 is 1.82 bits per heavy atom. The van der Waals surface area contributed by atoms with Crippen molar-refractivity contribution in [2.45, 2.75) is 77.4 Å². The van der Waals surface area contributed by atoms with E-state index in [1.54, 1.807) is 0 Å². The van der Waals surface area contributed by atoms with Gasteiger partial charge in [0.2, 0.25) is 0 Å². The van der Waals surface area contributed by atoms with Crippen molar-refractivity contribution in [2.75, 3.05) is 0 Å². The van der Waals surface area contributed by atoms with Crippen molar-refractivity contribution in [1.29, 1.82) is 0 Å². The van der Waals surface area contributed by atoms with Crippen molar-refractivity contribution >= 4 is 5.78 Å². The third-order valence-corrected chi connectivity index (χ3v) is 8.36. The van der Waals surface area contributed by atoms with Crippen LogP contribution in [0.25, 0.3) is 0 Å². The van der Waals surface area contributed by atoms with Gasteiger partial charge in [0.1, 0.15) is 5.78 Å². The molecule has 4 aliphatic rings. The van der Waals surface area contributed by atoms with Gasteiger partial charge in [0, 0.05) is 12.8 Å². The highest BCUT2D eigenvalue weighted by Crippen LogP contribution is 2.65. The van der Waals surface area contributed by atoms with Crippen molar-refractivity contribution < 1.29 is 15.0 Å². The predicted molar refractivity (Wildman–Crippen MR) is 84.1 cm³/mol. The molecular weight excluding hydrogens is 276 g/mol. The normalized spacial score (nSPS) is 57.9. The number of fused-ring (bicyclic) bond motifs is 5. The molecule has 0 aromatic rings. The fourth-order valence-corrected chi connectivity index (χ4v) is 7.14.